The zero-order valence-electron chi connectivity index (χ0n) is 12.5. The summed E-state index contributed by atoms with van der Waals surface area (Å²) < 4.78 is 54.0. The third kappa shape index (κ3) is 2.62. The molecule has 0 aliphatic heterocycles. The Labute approximate surface area is 134 Å². The van der Waals surface area contributed by atoms with E-state index in [-0.39, 0.29) is 22.0 Å². The highest BCUT2D eigenvalue weighted by atomic mass is 19.4. The molecule has 2 N–H and O–H groups in total. The number of halogens is 4. The van der Waals surface area contributed by atoms with E-state index in [4.69, 9.17) is 5.73 Å². The molecule has 0 radical (unpaired) electrons. The molecule has 3 nitrogen and oxygen atoms in total. The molecule has 1 heterocycles. The van der Waals surface area contributed by atoms with Crippen LogP contribution in [0.3, 0.4) is 0 Å². The number of nitrogens with zero attached hydrogens (tertiary/aromatic N) is 1. The van der Waals surface area contributed by atoms with Crippen LogP contribution in [0.2, 0.25) is 0 Å². The van der Waals surface area contributed by atoms with Crippen LogP contribution in [0.1, 0.15) is 21.6 Å². The number of nitrogens with two attached hydrogens (primary N) is 1. The van der Waals surface area contributed by atoms with Crippen molar-refractivity contribution >= 4 is 22.5 Å². The number of nitrogen functional groups attached to an aromatic ring is 1. The van der Waals surface area contributed by atoms with Crippen LogP contribution in [0.25, 0.3) is 10.9 Å². The van der Waals surface area contributed by atoms with Crippen molar-refractivity contribution in [1.29, 1.82) is 0 Å². The molecule has 0 saturated carbocycles. The first kappa shape index (κ1) is 16.0. The van der Waals surface area contributed by atoms with Gasteiger partial charge in [-0.25, -0.2) is 4.39 Å². The van der Waals surface area contributed by atoms with Crippen molar-refractivity contribution in [1.82, 2.24) is 4.57 Å². The number of carbonyl (C=O) groups excluding carboxylic acids is 1. The molecule has 3 aromatic rings. The topological polar surface area (TPSA) is 48.0 Å². The number of hydrogen-bond acceptors (Lipinski definition) is 2. The highest BCUT2D eigenvalue weighted by Crippen LogP contribution is 2.35. The largest absolute Gasteiger partial charge is 0.431 e. The van der Waals surface area contributed by atoms with E-state index in [0.717, 1.165) is 18.2 Å². The lowest BCUT2D eigenvalue weighted by molar-refractivity contribution is -0.142. The molecule has 2 aromatic carbocycles. The van der Waals surface area contributed by atoms with Gasteiger partial charge in [0.15, 0.2) is 0 Å². The normalized spacial score (nSPS) is 11.9. The molecule has 3 rings (SSSR count). The van der Waals surface area contributed by atoms with Gasteiger partial charge in [-0.05, 0) is 55.0 Å². The molecule has 24 heavy (non-hydrogen) atoms. The van der Waals surface area contributed by atoms with E-state index in [9.17, 15) is 22.4 Å². The molecular formula is C17H12F4N2O. The fraction of sp³-hybridized carbons (Fsp3) is 0.118. The molecule has 0 atom stereocenters. The van der Waals surface area contributed by atoms with Gasteiger partial charge in [0.2, 0.25) is 0 Å². The standard InChI is InChI=1S/C17H12F4N2O/c1-9-6-10(2-4-13(9)18)16(24)23-14-5-3-12(22)7-11(14)8-15(23)17(19,20)21/h2-8H,22H2,1H3. The van der Waals surface area contributed by atoms with Gasteiger partial charge in [0.25, 0.3) is 5.91 Å². The third-order valence-electron chi connectivity index (χ3n) is 3.72. The van der Waals surface area contributed by atoms with Gasteiger partial charge in [0, 0.05) is 16.6 Å². The second-order valence-corrected chi connectivity index (χ2v) is 5.45. The van der Waals surface area contributed by atoms with Crippen LogP contribution in [-0.2, 0) is 6.18 Å². The van der Waals surface area contributed by atoms with Crippen LogP contribution in [0.15, 0.2) is 42.5 Å². The summed E-state index contributed by atoms with van der Waals surface area (Å²) in [5, 5.41) is 0.203. The molecule has 0 amide bonds. The second-order valence-electron chi connectivity index (χ2n) is 5.45. The summed E-state index contributed by atoms with van der Waals surface area (Å²) in [5.74, 6) is -1.42. The van der Waals surface area contributed by atoms with Crippen LogP contribution in [0, 0.1) is 12.7 Å². The first-order valence-corrected chi connectivity index (χ1v) is 6.97. The summed E-state index contributed by atoms with van der Waals surface area (Å²) in [6, 6.07) is 8.45. The van der Waals surface area contributed by atoms with Gasteiger partial charge in [0.05, 0.1) is 5.52 Å². The van der Waals surface area contributed by atoms with Crippen LogP contribution >= 0.6 is 0 Å². The number of carbonyl (C=O) groups is 1. The first-order valence-electron chi connectivity index (χ1n) is 6.97. The second kappa shape index (κ2) is 5.36. The maximum Gasteiger partial charge on any atom is 0.431 e. The molecule has 0 saturated heterocycles. The van der Waals surface area contributed by atoms with Crippen LogP contribution in [0.4, 0.5) is 23.2 Å². The molecule has 7 heteroatoms. The summed E-state index contributed by atoms with van der Waals surface area (Å²) in [6.45, 7) is 1.44. The van der Waals surface area contributed by atoms with E-state index in [1.165, 1.54) is 31.2 Å². The summed E-state index contributed by atoms with van der Waals surface area (Å²) in [6.07, 6.45) is -4.72. The Morgan fingerprint density at radius 2 is 1.79 bits per heavy atom. The predicted octanol–water partition coefficient (Wildman–Crippen LogP) is 4.38. The Morgan fingerprint density at radius 1 is 1.08 bits per heavy atom. The number of hydrogen-bond donors (Lipinski definition) is 1. The quantitative estimate of drug-likeness (QED) is 0.530. The van der Waals surface area contributed by atoms with Gasteiger partial charge in [-0.15, -0.1) is 0 Å². The van der Waals surface area contributed by atoms with Crippen LogP contribution in [-0.4, -0.2) is 10.5 Å². The van der Waals surface area contributed by atoms with Crippen molar-refractivity contribution in [2.45, 2.75) is 13.1 Å². The average Bonchev–Trinajstić information content (AvgIpc) is 2.88. The van der Waals surface area contributed by atoms with Gasteiger partial charge < -0.3 is 5.73 Å². The molecule has 1 aromatic heterocycles. The number of fused-ring (bicyclic) bond motifs is 1. The Balaban J connectivity index is 2.26. The van der Waals surface area contributed by atoms with Crippen molar-refractivity contribution < 1.29 is 22.4 Å². The zero-order valence-corrected chi connectivity index (χ0v) is 12.5. The van der Waals surface area contributed by atoms with E-state index in [1.807, 2.05) is 0 Å². The summed E-state index contributed by atoms with van der Waals surface area (Å²) in [7, 11) is 0. The van der Waals surface area contributed by atoms with Gasteiger partial charge in [-0.3, -0.25) is 9.36 Å². The summed E-state index contributed by atoms with van der Waals surface area (Å²) >= 11 is 0. The maximum atomic E-state index is 13.4. The van der Waals surface area contributed by atoms with Crippen molar-refractivity contribution in [3.8, 4) is 0 Å². The minimum Gasteiger partial charge on any atom is -0.399 e. The van der Waals surface area contributed by atoms with E-state index in [1.54, 1.807) is 0 Å². The highest BCUT2D eigenvalue weighted by Gasteiger charge is 2.37. The Hall–Kier alpha value is -2.83. The average molecular weight is 336 g/mol. The van der Waals surface area contributed by atoms with E-state index < -0.39 is 23.6 Å². The van der Waals surface area contributed by atoms with Crippen molar-refractivity contribution in [2.24, 2.45) is 0 Å². The maximum absolute atomic E-state index is 13.4. The van der Waals surface area contributed by atoms with E-state index >= 15 is 0 Å². The summed E-state index contributed by atoms with van der Waals surface area (Å²) in [4.78, 5) is 12.6. The SMILES string of the molecule is Cc1cc(C(=O)n2c(C(F)(F)F)cc3cc(N)ccc32)ccc1F. The smallest absolute Gasteiger partial charge is 0.399 e. The molecule has 0 bridgehead atoms. The molecule has 0 unspecified atom stereocenters. The lowest BCUT2D eigenvalue weighted by Gasteiger charge is -2.12. The van der Waals surface area contributed by atoms with Gasteiger partial charge in [-0.2, -0.15) is 13.2 Å². The first-order chi connectivity index (χ1) is 11.2. The highest BCUT2D eigenvalue weighted by molar-refractivity contribution is 6.03. The lowest BCUT2D eigenvalue weighted by Crippen LogP contribution is -2.20. The van der Waals surface area contributed by atoms with E-state index in [2.05, 4.69) is 0 Å². The number of alkyl halides is 3. The summed E-state index contributed by atoms with van der Waals surface area (Å²) in [5.41, 5.74) is 5.02. The zero-order chi connectivity index (χ0) is 17.6. The van der Waals surface area contributed by atoms with Crippen molar-refractivity contribution in [3.63, 3.8) is 0 Å². The number of rotatable bonds is 1. The molecule has 124 valence electrons. The Bertz CT molecular complexity index is 957. The predicted molar refractivity (Wildman–Crippen MR) is 82.2 cm³/mol. The third-order valence-corrected chi connectivity index (χ3v) is 3.72. The van der Waals surface area contributed by atoms with Gasteiger partial charge in [-0.1, -0.05) is 0 Å². The Kier molecular flexibility index (Phi) is 3.59. The number of aryl methyl sites for hydroxylation is 1. The number of anilines is 1. The molecular weight excluding hydrogens is 324 g/mol. The van der Waals surface area contributed by atoms with Crippen molar-refractivity contribution in [2.75, 3.05) is 5.73 Å². The van der Waals surface area contributed by atoms with Crippen LogP contribution in [0.5, 0.6) is 0 Å². The van der Waals surface area contributed by atoms with Gasteiger partial charge in [0.1, 0.15) is 11.5 Å². The van der Waals surface area contributed by atoms with Crippen molar-refractivity contribution in [3.05, 3.63) is 65.1 Å². The molecule has 0 fully saturated rings. The molecule has 0 spiro atoms. The van der Waals surface area contributed by atoms with Gasteiger partial charge >= 0.3 is 6.18 Å². The minimum atomic E-state index is -4.72. The fourth-order valence-corrected chi connectivity index (χ4v) is 2.57. The number of aromatic nitrogens is 1. The van der Waals surface area contributed by atoms with E-state index in [0.29, 0.717) is 10.3 Å². The minimum absolute atomic E-state index is 0.0336. The fourth-order valence-electron chi connectivity index (χ4n) is 2.57. The Morgan fingerprint density at radius 3 is 2.42 bits per heavy atom. The number of benzene rings is 2. The monoisotopic (exact) mass is 336 g/mol. The van der Waals surface area contributed by atoms with Crippen LogP contribution < -0.4 is 5.73 Å². The lowest BCUT2D eigenvalue weighted by atomic mass is 10.1. The molecule has 0 aliphatic carbocycles. The molecule has 0 aliphatic rings.